The van der Waals surface area contributed by atoms with Gasteiger partial charge in [-0.25, -0.2) is 9.59 Å². The Bertz CT molecular complexity index is 1960. The number of H-pyrrole nitrogens is 1. The van der Waals surface area contributed by atoms with Crippen LogP contribution in [-0.4, -0.2) is 93.8 Å². The van der Waals surface area contributed by atoms with Crippen molar-refractivity contribution in [2.24, 2.45) is 17.8 Å². The first-order valence-electron chi connectivity index (χ1n) is 17.5. The lowest BCUT2D eigenvalue weighted by Gasteiger charge is -2.52. The highest BCUT2D eigenvalue weighted by Gasteiger charge is 2.54. The molecule has 0 amide bonds. The van der Waals surface area contributed by atoms with E-state index in [1.165, 1.54) is 57.2 Å². The molecule has 2 aromatic carbocycles. The van der Waals surface area contributed by atoms with Gasteiger partial charge in [0.15, 0.2) is 11.5 Å². The SMILES string of the molecule is COC(=O)[C@H]1[C@H]2C[C@@H]3c4[nH]c5cc(OC)ccc5c4CCN3C[C@H]2C[C@@H](OC(=O)c2cc(OC)c(OC(=O)OCc3cccnc3)c(OC)c2)[C@@H]1OC. The molecule has 280 valence electrons. The standard InChI is InChI=1S/C39H43N3O11/c1-46-24-8-9-25-26-10-12-42-19-23-15-32(36(49-4)33(38(44)50-5)27(23)17-29(42)34(26)41-28(25)16-24)52-37(43)22-13-30(47-2)35(31(14-22)48-3)53-39(45)51-20-21-7-6-11-40-18-21/h6-9,11,13-14,16,18,23,27,29,32-33,36,41H,10,12,15,17,19-20H2,1-5H3/t23-,27+,29-,32-,33+,36+/m1/s1. The number of piperidine rings is 1. The van der Waals surface area contributed by atoms with Gasteiger partial charge in [-0.1, -0.05) is 6.07 Å². The largest absolute Gasteiger partial charge is 0.514 e. The van der Waals surface area contributed by atoms with Gasteiger partial charge in [0.25, 0.3) is 0 Å². The molecular formula is C39H43N3O11. The van der Waals surface area contributed by atoms with E-state index in [2.05, 4.69) is 20.9 Å². The molecule has 0 spiro atoms. The van der Waals surface area contributed by atoms with Crippen molar-refractivity contribution >= 4 is 29.0 Å². The molecule has 1 N–H and O–H groups in total. The van der Waals surface area contributed by atoms with E-state index < -0.39 is 36.2 Å². The number of carbonyl (C=O) groups excluding carboxylic acids is 3. The number of nitrogens with zero attached hydrogens (tertiary/aromatic N) is 2. The molecule has 1 saturated heterocycles. The van der Waals surface area contributed by atoms with Crippen LogP contribution in [-0.2, 0) is 36.8 Å². The highest BCUT2D eigenvalue weighted by molar-refractivity contribution is 5.92. The predicted molar refractivity (Wildman–Crippen MR) is 189 cm³/mol. The van der Waals surface area contributed by atoms with Crippen LogP contribution in [0.1, 0.15) is 46.1 Å². The van der Waals surface area contributed by atoms with Crippen LogP contribution in [0.25, 0.3) is 10.9 Å². The van der Waals surface area contributed by atoms with Gasteiger partial charge >= 0.3 is 18.1 Å². The fourth-order valence-electron chi connectivity index (χ4n) is 8.40. The van der Waals surface area contributed by atoms with Crippen molar-refractivity contribution in [2.45, 2.75) is 44.1 Å². The summed E-state index contributed by atoms with van der Waals surface area (Å²) in [4.78, 5) is 50.1. The number of methoxy groups -OCH3 is 5. The van der Waals surface area contributed by atoms with Gasteiger partial charge in [0, 0.05) is 60.8 Å². The summed E-state index contributed by atoms with van der Waals surface area (Å²) >= 11 is 0. The summed E-state index contributed by atoms with van der Waals surface area (Å²) in [6.07, 6.45) is 2.75. The minimum Gasteiger partial charge on any atom is -0.497 e. The van der Waals surface area contributed by atoms with Gasteiger partial charge in [-0.2, -0.15) is 0 Å². The number of esters is 2. The summed E-state index contributed by atoms with van der Waals surface area (Å²) in [5.41, 5.74) is 4.26. The molecule has 14 nitrogen and oxygen atoms in total. The van der Waals surface area contributed by atoms with Gasteiger partial charge in [-0.15, -0.1) is 0 Å². The fourth-order valence-corrected chi connectivity index (χ4v) is 8.40. The molecule has 4 aromatic rings. The molecule has 0 radical (unpaired) electrons. The van der Waals surface area contributed by atoms with E-state index in [1.54, 1.807) is 31.6 Å². The van der Waals surface area contributed by atoms with E-state index >= 15 is 0 Å². The lowest BCUT2D eigenvalue weighted by molar-refractivity contribution is -0.176. The third kappa shape index (κ3) is 6.96. The minimum absolute atomic E-state index is 0.0306. The Kier molecular flexibility index (Phi) is 10.4. The van der Waals surface area contributed by atoms with Crippen molar-refractivity contribution < 1.29 is 52.3 Å². The molecule has 14 heteroatoms. The number of fused-ring (bicyclic) bond motifs is 6. The van der Waals surface area contributed by atoms with Gasteiger partial charge in [0.2, 0.25) is 5.75 Å². The number of ether oxygens (including phenoxy) is 8. The maximum atomic E-state index is 13.8. The van der Waals surface area contributed by atoms with Crippen LogP contribution < -0.4 is 18.9 Å². The molecule has 2 aliphatic heterocycles. The number of hydrogen-bond acceptors (Lipinski definition) is 13. The molecule has 2 fully saturated rings. The third-order valence-corrected chi connectivity index (χ3v) is 10.8. The van der Waals surface area contributed by atoms with Crippen molar-refractivity contribution in [3.63, 3.8) is 0 Å². The van der Waals surface area contributed by atoms with Crippen LogP contribution in [0.3, 0.4) is 0 Å². The lowest BCUT2D eigenvalue weighted by Crippen LogP contribution is -2.58. The minimum atomic E-state index is -1.00. The van der Waals surface area contributed by atoms with Crippen molar-refractivity contribution in [1.82, 2.24) is 14.9 Å². The number of aromatic amines is 1. The number of aromatic nitrogens is 2. The van der Waals surface area contributed by atoms with Crippen molar-refractivity contribution in [2.75, 3.05) is 48.6 Å². The van der Waals surface area contributed by atoms with Gasteiger partial charge in [0.1, 0.15) is 24.6 Å². The summed E-state index contributed by atoms with van der Waals surface area (Å²) in [6.45, 7) is 1.53. The Balaban J connectivity index is 1.10. The lowest BCUT2D eigenvalue weighted by atomic mass is 9.63. The van der Waals surface area contributed by atoms with Crippen molar-refractivity contribution in [1.29, 1.82) is 0 Å². The molecule has 6 atom stereocenters. The normalized spacial score (nSPS) is 23.5. The zero-order chi connectivity index (χ0) is 37.2. The maximum Gasteiger partial charge on any atom is 0.514 e. The first-order valence-corrected chi connectivity index (χ1v) is 17.5. The zero-order valence-corrected chi connectivity index (χ0v) is 30.3. The summed E-state index contributed by atoms with van der Waals surface area (Å²) < 4.78 is 44.6. The average Bonchev–Trinajstić information content (AvgIpc) is 3.57. The maximum absolute atomic E-state index is 13.8. The number of hydrogen-bond donors (Lipinski definition) is 1. The van der Waals surface area contributed by atoms with E-state index in [0.29, 0.717) is 18.4 Å². The summed E-state index contributed by atoms with van der Waals surface area (Å²) in [6, 6.07) is 12.5. The van der Waals surface area contributed by atoms with Crippen LogP contribution in [0.2, 0.25) is 0 Å². The second-order valence-corrected chi connectivity index (χ2v) is 13.5. The topological polar surface area (TPSA) is 157 Å². The summed E-state index contributed by atoms with van der Waals surface area (Å²) in [5.74, 6) is -0.996. The highest BCUT2D eigenvalue weighted by atomic mass is 16.7. The summed E-state index contributed by atoms with van der Waals surface area (Å²) in [5, 5.41) is 1.19. The van der Waals surface area contributed by atoms with Crippen molar-refractivity contribution in [3.05, 3.63) is 77.2 Å². The van der Waals surface area contributed by atoms with E-state index in [4.69, 9.17) is 37.9 Å². The molecule has 3 aliphatic rings. The van der Waals surface area contributed by atoms with Gasteiger partial charge < -0.3 is 42.9 Å². The first-order chi connectivity index (χ1) is 25.8. The van der Waals surface area contributed by atoms with Crippen LogP contribution in [0.4, 0.5) is 4.79 Å². The number of rotatable bonds is 10. The van der Waals surface area contributed by atoms with Crippen LogP contribution >= 0.6 is 0 Å². The molecule has 0 unspecified atom stereocenters. The molecule has 1 aliphatic carbocycles. The molecule has 7 rings (SSSR count). The second kappa shape index (κ2) is 15.3. The molecule has 53 heavy (non-hydrogen) atoms. The van der Waals surface area contributed by atoms with E-state index in [9.17, 15) is 14.4 Å². The molecule has 2 aromatic heterocycles. The predicted octanol–water partition coefficient (Wildman–Crippen LogP) is 5.27. The first kappa shape index (κ1) is 36.0. The third-order valence-electron chi connectivity index (χ3n) is 10.8. The Morgan fingerprint density at radius 1 is 0.962 bits per heavy atom. The van der Waals surface area contributed by atoms with Crippen molar-refractivity contribution in [3.8, 4) is 23.0 Å². The fraction of sp³-hybridized carbons (Fsp3) is 0.436. The van der Waals surface area contributed by atoms with Gasteiger partial charge in [0.05, 0.1) is 46.0 Å². The average molecular weight is 730 g/mol. The van der Waals surface area contributed by atoms with E-state index in [-0.39, 0.29) is 47.3 Å². The smallest absolute Gasteiger partial charge is 0.497 e. The number of benzene rings is 2. The van der Waals surface area contributed by atoms with E-state index in [0.717, 1.165) is 30.8 Å². The Hall–Kier alpha value is -5.34. The van der Waals surface area contributed by atoms with Crippen LogP contribution in [0, 0.1) is 17.8 Å². The molecular weight excluding hydrogens is 686 g/mol. The Morgan fingerprint density at radius 2 is 1.75 bits per heavy atom. The Labute approximate surface area is 306 Å². The molecule has 1 saturated carbocycles. The monoisotopic (exact) mass is 729 g/mol. The Morgan fingerprint density at radius 3 is 2.43 bits per heavy atom. The number of pyridine rings is 1. The molecule has 0 bridgehead atoms. The van der Waals surface area contributed by atoms with Gasteiger partial charge in [-0.05, 0) is 67.0 Å². The number of carbonyl (C=O) groups is 3. The summed E-state index contributed by atoms with van der Waals surface area (Å²) in [7, 11) is 7.29. The van der Waals surface area contributed by atoms with Gasteiger partial charge in [-0.3, -0.25) is 14.7 Å². The van der Waals surface area contributed by atoms with Crippen LogP contribution in [0.5, 0.6) is 23.0 Å². The van der Waals surface area contributed by atoms with Crippen LogP contribution in [0.15, 0.2) is 54.9 Å². The highest BCUT2D eigenvalue weighted by Crippen LogP contribution is 2.51. The number of nitrogens with one attached hydrogen (secondary N) is 1. The zero-order valence-electron chi connectivity index (χ0n) is 30.3. The van der Waals surface area contributed by atoms with E-state index in [1.807, 2.05) is 12.1 Å². The second-order valence-electron chi connectivity index (χ2n) is 13.5. The quantitative estimate of drug-likeness (QED) is 0.128. The molecule has 4 heterocycles.